The molecule has 0 spiro atoms. The molecule has 1 aliphatic rings. The van der Waals surface area contributed by atoms with E-state index in [0.717, 1.165) is 6.26 Å². The van der Waals surface area contributed by atoms with Crippen LogP contribution in [0.15, 0.2) is 0 Å². The minimum absolute atomic E-state index is 0.00341. The van der Waals surface area contributed by atoms with Gasteiger partial charge in [0, 0.05) is 12.8 Å². The lowest BCUT2D eigenvalue weighted by atomic mass is 10.0. The normalized spacial score (nSPS) is 27.5. The van der Waals surface area contributed by atoms with Gasteiger partial charge in [-0.2, -0.15) is 8.42 Å². The van der Waals surface area contributed by atoms with Crippen LogP contribution < -0.4 is 0 Å². The van der Waals surface area contributed by atoms with Crippen LogP contribution in [0.1, 0.15) is 19.3 Å². The average Bonchev–Trinajstić information content (AvgIpc) is 1.99. The highest BCUT2D eigenvalue weighted by molar-refractivity contribution is 7.85. The molecule has 0 bridgehead atoms. The number of aliphatic hydroxyl groups excluding tert-OH is 1. The number of aliphatic hydroxyl groups is 1. The first-order chi connectivity index (χ1) is 6.87. The van der Waals surface area contributed by atoms with E-state index in [-0.39, 0.29) is 19.4 Å². The Morgan fingerprint density at radius 1 is 1.60 bits per heavy atom. The van der Waals surface area contributed by atoms with Gasteiger partial charge in [-0.15, -0.1) is 0 Å². The molecule has 88 valence electrons. The number of esters is 1. The Bertz CT molecular complexity index is 322. The second kappa shape index (κ2) is 4.91. The van der Waals surface area contributed by atoms with Crippen LogP contribution in [0.4, 0.5) is 0 Å². The van der Waals surface area contributed by atoms with E-state index in [0.29, 0.717) is 6.42 Å². The summed E-state index contributed by atoms with van der Waals surface area (Å²) < 4.78 is 30.6. The summed E-state index contributed by atoms with van der Waals surface area (Å²) in [5, 5.41) is 9.25. The molecule has 0 aliphatic carbocycles. The van der Waals surface area contributed by atoms with Crippen molar-refractivity contribution in [1.82, 2.24) is 0 Å². The lowest BCUT2D eigenvalue weighted by molar-refractivity contribution is -0.160. The summed E-state index contributed by atoms with van der Waals surface area (Å²) >= 11 is 0. The number of carbonyl (C=O) groups is 1. The molecule has 0 unspecified atom stereocenters. The quantitative estimate of drug-likeness (QED) is 0.520. The van der Waals surface area contributed by atoms with E-state index in [1.807, 2.05) is 0 Å². The summed E-state index contributed by atoms with van der Waals surface area (Å²) in [5.74, 6) is -0.460. The molecule has 0 saturated carbocycles. The Balaban J connectivity index is 2.30. The van der Waals surface area contributed by atoms with Crippen LogP contribution in [0.5, 0.6) is 0 Å². The standard InChI is InChI=1S/C8H14O6S/c1-15(11,12)13-3-2-7-4-6(9)5-8(10)14-7/h6-7,9H,2-5H2,1H3/t6-,7-/m1/s1. The van der Waals surface area contributed by atoms with Gasteiger partial charge < -0.3 is 9.84 Å². The number of rotatable bonds is 4. The van der Waals surface area contributed by atoms with E-state index in [1.165, 1.54) is 0 Å². The zero-order valence-electron chi connectivity index (χ0n) is 8.38. The highest BCUT2D eigenvalue weighted by Crippen LogP contribution is 2.17. The predicted octanol–water partition coefficient (Wildman–Crippen LogP) is -0.581. The number of carbonyl (C=O) groups excluding carboxylic acids is 1. The fraction of sp³-hybridized carbons (Fsp3) is 0.875. The minimum atomic E-state index is -3.45. The third kappa shape index (κ3) is 5.10. The van der Waals surface area contributed by atoms with E-state index in [1.54, 1.807) is 0 Å². The number of hydrogen-bond donors (Lipinski definition) is 1. The van der Waals surface area contributed by atoms with Crippen molar-refractivity contribution in [3.63, 3.8) is 0 Å². The zero-order chi connectivity index (χ0) is 11.5. The summed E-state index contributed by atoms with van der Waals surface area (Å²) in [6, 6.07) is 0. The Morgan fingerprint density at radius 3 is 2.80 bits per heavy atom. The second-order valence-electron chi connectivity index (χ2n) is 3.52. The van der Waals surface area contributed by atoms with Crippen LogP contribution in [0, 0.1) is 0 Å². The van der Waals surface area contributed by atoms with Crippen molar-refractivity contribution in [2.24, 2.45) is 0 Å². The maximum atomic E-state index is 10.9. The molecule has 1 heterocycles. The van der Waals surface area contributed by atoms with Crippen LogP contribution in [0.25, 0.3) is 0 Å². The molecule has 6 nitrogen and oxygen atoms in total. The monoisotopic (exact) mass is 238 g/mol. The highest BCUT2D eigenvalue weighted by Gasteiger charge is 2.27. The van der Waals surface area contributed by atoms with Gasteiger partial charge in [0.1, 0.15) is 6.10 Å². The molecule has 0 aromatic heterocycles. The Labute approximate surface area is 88.3 Å². The first-order valence-electron chi connectivity index (χ1n) is 4.59. The van der Waals surface area contributed by atoms with E-state index >= 15 is 0 Å². The molecule has 1 saturated heterocycles. The fourth-order valence-electron chi connectivity index (χ4n) is 1.37. The van der Waals surface area contributed by atoms with E-state index in [2.05, 4.69) is 4.18 Å². The maximum Gasteiger partial charge on any atom is 0.308 e. The van der Waals surface area contributed by atoms with Gasteiger partial charge in [0.05, 0.1) is 25.4 Å². The van der Waals surface area contributed by atoms with Gasteiger partial charge in [-0.3, -0.25) is 8.98 Å². The first-order valence-corrected chi connectivity index (χ1v) is 6.40. The van der Waals surface area contributed by atoms with Crippen molar-refractivity contribution in [2.75, 3.05) is 12.9 Å². The molecule has 7 heteroatoms. The van der Waals surface area contributed by atoms with Gasteiger partial charge >= 0.3 is 5.97 Å². The molecule has 1 fully saturated rings. The summed E-state index contributed by atoms with van der Waals surface area (Å²) in [4.78, 5) is 10.9. The Kier molecular flexibility index (Phi) is 4.06. The van der Waals surface area contributed by atoms with Crippen LogP contribution >= 0.6 is 0 Å². The number of hydrogen-bond acceptors (Lipinski definition) is 6. The van der Waals surface area contributed by atoms with Gasteiger partial charge in [-0.25, -0.2) is 0 Å². The number of ether oxygens (including phenoxy) is 1. The van der Waals surface area contributed by atoms with Gasteiger partial charge in [-0.05, 0) is 0 Å². The molecule has 1 rings (SSSR count). The summed E-state index contributed by atoms with van der Waals surface area (Å²) in [6.07, 6.45) is 0.407. The van der Waals surface area contributed by atoms with E-state index in [4.69, 9.17) is 4.74 Å². The Hall–Kier alpha value is -0.660. The van der Waals surface area contributed by atoms with Crippen LogP contribution in [-0.2, 0) is 23.8 Å². The van der Waals surface area contributed by atoms with Crippen molar-refractivity contribution >= 4 is 16.1 Å². The third-order valence-electron chi connectivity index (χ3n) is 1.97. The van der Waals surface area contributed by atoms with Crippen molar-refractivity contribution in [1.29, 1.82) is 0 Å². The molecule has 1 aliphatic heterocycles. The molecule has 0 amide bonds. The Morgan fingerprint density at radius 2 is 2.27 bits per heavy atom. The van der Waals surface area contributed by atoms with Gasteiger partial charge in [0.25, 0.3) is 10.1 Å². The molecular weight excluding hydrogens is 224 g/mol. The van der Waals surface area contributed by atoms with Crippen molar-refractivity contribution in [3.8, 4) is 0 Å². The minimum Gasteiger partial charge on any atom is -0.462 e. The molecule has 2 atom stereocenters. The second-order valence-corrected chi connectivity index (χ2v) is 5.16. The number of cyclic esters (lactones) is 1. The molecule has 0 radical (unpaired) electrons. The first kappa shape index (κ1) is 12.4. The summed E-state index contributed by atoms with van der Waals surface area (Å²) in [5.41, 5.74) is 0. The maximum absolute atomic E-state index is 10.9. The summed E-state index contributed by atoms with van der Waals surface area (Å²) in [7, 11) is -3.45. The molecule has 1 N–H and O–H groups in total. The molecular formula is C8H14O6S. The van der Waals surface area contributed by atoms with Gasteiger partial charge in [-0.1, -0.05) is 0 Å². The van der Waals surface area contributed by atoms with Crippen LogP contribution in [0.2, 0.25) is 0 Å². The van der Waals surface area contributed by atoms with Crippen LogP contribution in [-0.4, -0.2) is 44.6 Å². The predicted molar refractivity (Wildman–Crippen MR) is 50.5 cm³/mol. The molecule has 0 aromatic carbocycles. The zero-order valence-corrected chi connectivity index (χ0v) is 9.20. The van der Waals surface area contributed by atoms with Gasteiger partial charge in [0.2, 0.25) is 0 Å². The molecule has 0 aromatic rings. The lowest BCUT2D eigenvalue weighted by Crippen LogP contribution is -2.33. The van der Waals surface area contributed by atoms with Crippen molar-refractivity contribution < 1.29 is 27.2 Å². The van der Waals surface area contributed by atoms with E-state index in [9.17, 15) is 18.3 Å². The highest BCUT2D eigenvalue weighted by atomic mass is 32.2. The summed E-state index contributed by atoms with van der Waals surface area (Å²) in [6.45, 7) is -0.0382. The van der Waals surface area contributed by atoms with E-state index < -0.39 is 28.3 Å². The lowest BCUT2D eigenvalue weighted by Gasteiger charge is -2.25. The van der Waals surface area contributed by atoms with Crippen LogP contribution in [0.3, 0.4) is 0 Å². The fourth-order valence-corrected chi connectivity index (χ4v) is 1.77. The topological polar surface area (TPSA) is 89.9 Å². The van der Waals surface area contributed by atoms with Crippen molar-refractivity contribution in [2.45, 2.75) is 31.5 Å². The smallest absolute Gasteiger partial charge is 0.308 e. The third-order valence-corrected chi connectivity index (χ3v) is 2.57. The van der Waals surface area contributed by atoms with Gasteiger partial charge in [0.15, 0.2) is 0 Å². The molecule has 15 heavy (non-hydrogen) atoms. The average molecular weight is 238 g/mol. The SMILES string of the molecule is CS(=O)(=O)OCC[C@@H]1C[C@@H](O)CC(=O)O1. The largest absolute Gasteiger partial charge is 0.462 e. The van der Waals surface area contributed by atoms with Crippen molar-refractivity contribution in [3.05, 3.63) is 0 Å².